The summed E-state index contributed by atoms with van der Waals surface area (Å²) in [6, 6.07) is 9.71. The van der Waals surface area contributed by atoms with Crippen LogP contribution in [-0.4, -0.2) is 12.2 Å². The van der Waals surface area contributed by atoms with Crippen LogP contribution in [0.1, 0.15) is 12.8 Å². The van der Waals surface area contributed by atoms with Crippen molar-refractivity contribution in [3.8, 4) is 6.07 Å². The van der Waals surface area contributed by atoms with Gasteiger partial charge in [0.25, 0.3) is 0 Å². The van der Waals surface area contributed by atoms with Gasteiger partial charge >= 0.3 is 0 Å². The lowest BCUT2D eigenvalue weighted by molar-refractivity contribution is -0.119. The summed E-state index contributed by atoms with van der Waals surface area (Å²) < 4.78 is 0. The summed E-state index contributed by atoms with van der Waals surface area (Å²) in [5.41, 5.74) is 0.00778. The van der Waals surface area contributed by atoms with Crippen molar-refractivity contribution >= 4 is 23.4 Å². The molecular weight excluding hydrogens is 220 g/mol. The van der Waals surface area contributed by atoms with Crippen LogP contribution in [0.25, 0.3) is 0 Å². The lowest BCUT2D eigenvalue weighted by Gasteiger charge is -2.08. The molecule has 0 saturated heterocycles. The van der Waals surface area contributed by atoms with E-state index >= 15 is 0 Å². The summed E-state index contributed by atoms with van der Waals surface area (Å²) >= 11 is 1.62. The van der Waals surface area contributed by atoms with Crippen LogP contribution in [0.15, 0.2) is 29.2 Å². The summed E-state index contributed by atoms with van der Waals surface area (Å²) in [5.74, 6) is -0.173. The quantitative estimate of drug-likeness (QED) is 0.815. The second-order valence-corrected chi connectivity index (χ2v) is 4.76. The number of anilines is 1. The first kappa shape index (κ1) is 11.0. The molecule has 1 aromatic rings. The Morgan fingerprint density at radius 1 is 1.56 bits per heavy atom. The van der Waals surface area contributed by atoms with Crippen molar-refractivity contribution in [2.75, 3.05) is 11.6 Å². The van der Waals surface area contributed by atoms with Crippen molar-refractivity contribution in [1.82, 2.24) is 0 Å². The number of carbonyl (C=O) groups excluding carboxylic acids is 1. The number of carbonyl (C=O) groups is 1. The molecule has 0 bridgehead atoms. The molecule has 0 spiro atoms. The second-order valence-electron chi connectivity index (χ2n) is 3.88. The van der Waals surface area contributed by atoms with Gasteiger partial charge in [-0.05, 0) is 37.3 Å². The molecule has 2 rings (SSSR count). The Hall–Kier alpha value is -1.47. The summed E-state index contributed by atoms with van der Waals surface area (Å²) in [6.07, 6.45) is 3.34. The van der Waals surface area contributed by atoms with E-state index in [1.165, 1.54) is 0 Å². The van der Waals surface area contributed by atoms with Gasteiger partial charge in [-0.25, -0.2) is 0 Å². The maximum atomic E-state index is 11.8. The number of nitrogens with one attached hydrogen (secondary N) is 1. The van der Waals surface area contributed by atoms with Gasteiger partial charge < -0.3 is 5.32 Å². The van der Waals surface area contributed by atoms with Gasteiger partial charge in [-0.2, -0.15) is 5.26 Å². The maximum absolute atomic E-state index is 11.8. The molecule has 0 heterocycles. The average Bonchev–Trinajstić information content (AvgIpc) is 3.10. The number of nitrogens with zero attached hydrogens (tertiary/aromatic N) is 1. The maximum Gasteiger partial charge on any atom is 0.244 e. The topological polar surface area (TPSA) is 52.9 Å². The lowest BCUT2D eigenvalue weighted by Crippen LogP contribution is -2.22. The highest BCUT2D eigenvalue weighted by Crippen LogP contribution is 2.45. The number of rotatable bonds is 3. The monoisotopic (exact) mass is 232 g/mol. The van der Waals surface area contributed by atoms with Gasteiger partial charge in [-0.15, -0.1) is 11.8 Å². The molecule has 1 saturated carbocycles. The van der Waals surface area contributed by atoms with E-state index in [0.29, 0.717) is 12.8 Å². The summed E-state index contributed by atoms with van der Waals surface area (Å²) in [7, 11) is 0. The third kappa shape index (κ3) is 2.05. The standard InChI is InChI=1S/C12H12N2OS/c1-16-10-4-2-3-9(7-10)14-11(15)12(8-13)5-6-12/h2-4,7H,5-6H2,1H3,(H,14,15). The molecule has 0 aromatic heterocycles. The largest absolute Gasteiger partial charge is 0.325 e. The number of hydrogen-bond acceptors (Lipinski definition) is 3. The molecule has 0 atom stereocenters. The number of nitriles is 1. The van der Waals surface area contributed by atoms with Crippen molar-refractivity contribution in [2.24, 2.45) is 5.41 Å². The van der Waals surface area contributed by atoms with Gasteiger partial charge in [-0.1, -0.05) is 6.07 Å². The number of hydrogen-bond donors (Lipinski definition) is 1. The summed E-state index contributed by atoms with van der Waals surface area (Å²) in [4.78, 5) is 12.9. The van der Waals surface area contributed by atoms with Crippen LogP contribution in [-0.2, 0) is 4.79 Å². The first-order valence-electron chi connectivity index (χ1n) is 5.07. The number of thioether (sulfide) groups is 1. The van der Waals surface area contributed by atoms with E-state index in [-0.39, 0.29) is 5.91 Å². The van der Waals surface area contributed by atoms with Crippen LogP contribution in [0.5, 0.6) is 0 Å². The van der Waals surface area contributed by atoms with Gasteiger partial charge in [0.2, 0.25) is 5.91 Å². The van der Waals surface area contributed by atoms with Crippen molar-refractivity contribution in [3.63, 3.8) is 0 Å². The third-order valence-electron chi connectivity index (χ3n) is 2.73. The molecule has 1 aromatic carbocycles. The fraction of sp³-hybridized carbons (Fsp3) is 0.333. The molecule has 1 amide bonds. The smallest absolute Gasteiger partial charge is 0.244 e. The predicted octanol–water partition coefficient (Wildman–Crippen LogP) is 2.65. The van der Waals surface area contributed by atoms with Crippen molar-refractivity contribution in [1.29, 1.82) is 5.26 Å². The van der Waals surface area contributed by atoms with Crippen LogP contribution >= 0.6 is 11.8 Å². The highest BCUT2D eigenvalue weighted by molar-refractivity contribution is 7.98. The van der Waals surface area contributed by atoms with E-state index in [1.807, 2.05) is 30.5 Å². The van der Waals surface area contributed by atoms with E-state index in [2.05, 4.69) is 11.4 Å². The molecule has 82 valence electrons. The van der Waals surface area contributed by atoms with Crippen molar-refractivity contribution in [3.05, 3.63) is 24.3 Å². The summed E-state index contributed by atoms with van der Waals surface area (Å²) in [5, 5.41) is 11.7. The van der Waals surface area contributed by atoms with Crippen LogP contribution in [0.3, 0.4) is 0 Å². The Morgan fingerprint density at radius 3 is 2.88 bits per heavy atom. The molecule has 1 N–H and O–H groups in total. The van der Waals surface area contributed by atoms with Crippen LogP contribution in [0.4, 0.5) is 5.69 Å². The number of benzene rings is 1. The molecular formula is C12H12N2OS. The molecule has 16 heavy (non-hydrogen) atoms. The minimum absolute atomic E-state index is 0.173. The van der Waals surface area contributed by atoms with E-state index < -0.39 is 5.41 Å². The molecule has 0 aliphatic heterocycles. The van der Waals surface area contributed by atoms with Gasteiger partial charge in [0.05, 0.1) is 6.07 Å². The van der Waals surface area contributed by atoms with E-state index in [4.69, 9.17) is 5.26 Å². The molecule has 4 heteroatoms. The Balaban J connectivity index is 2.10. The van der Waals surface area contributed by atoms with E-state index in [1.54, 1.807) is 11.8 Å². The normalized spacial score (nSPS) is 16.2. The highest BCUT2D eigenvalue weighted by Gasteiger charge is 2.50. The molecule has 1 aliphatic rings. The Morgan fingerprint density at radius 2 is 2.31 bits per heavy atom. The Bertz CT molecular complexity index is 460. The zero-order chi connectivity index (χ0) is 11.6. The van der Waals surface area contributed by atoms with Gasteiger partial charge in [-0.3, -0.25) is 4.79 Å². The summed E-state index contributed by atoms with van der Waals surface area (Å²) in [6.45, 7) is 0. The highest BCUT2D eigenvalue weighted by atomic mass is 32.2. The molecule has 0 radical (unpaired) electrons. The lowest BCUT2D eigenvalue weighted by atomic mass is 10.1. The van der Waals surface area contributed by atoms with Crippen LogP contribution in [0.2, 0.25) is 0 Å². The molecule has 0 unspecified atom stereocenters. The second kappa shape index (κ2) is 4.18. The minimum atomic E-state index is -0.755. The van der Waals surface area contributed by atoms with Gasteiger partial charge in [0.1, 0.15) is 5.41 Å². The minimum Gasteiger partial charge on any atom is -0.325 e. The fourth-order valence-electron chi connectivity index (χ4n) is 1.47. The third-order valence-corrected chi connectivity index (χ3v) is 3.45. The molecule has 1 fully saturated rings. The van der Waals surface area contributed by atoms with E-state index in [0.717, 1.165) is 10.6 Å². The zero-order valence-corrected chi connectivity index (χ0v) is 9.80. The molecule has 3 nitrogen and oxygen atoms in total. The van der Waals surface area contributed by atoms with Crippen LogP contribution < -0.4 is 5.32 Å². The van der Waals surface area contributed by atoms with Gasteiger partial charge in [0.15, 0.2) is 0 Å². The predicted molar refractivity (Wildman–Crippen MR) is 64.1 cm³/mol. The Kier molecular flexibility index (Phi) is 2.88. The SMILES string of the molecule is CSc1cccc(NC(=O)C2(C#N)CC2)c1. The first-order valence-corrected chi connectivity index (χ1v) is 6.29. The Labute approximate surface area is 98.8 Å². The number of amides is 1. The van der Waals surface area contributed by atoms with Crippen molar-refractivity contribution in [2.45, 2.75) is 17.7 Å². The molecule has 1 aliphatic carbocycles. The average molecular weight is 232 g/mol. The zero-order valence-electron chi connectivity index (χ0n) is 8.99. The van der Waals surface area contributed by atoms with Crippen molar-refractivity contribution < 1.29 is 4.79 Å². The van der Waals surface area contributed by atoms with Crippen LogP contribution in [0, 0.1) is 16.7 Å². The first-order chi connectivity index (χ1) is 7.70. The fourth-order valence-corrected chi connectivity index (χ4v) is 1.93. The van der Waals surface area contributed by atoms with Gasteiger partial charge in [0, 0.05) is 10.6 Å². The van der Waals surface area contributed by atoms with E-state index in [9.17, 15) is 4.79 Å².